The molecule has 1 aromatic heterocycles. The van der Waals surface area contributed by atoms with E-state index in [1.165, 1.54) is 41.5 Å². The van der Waals surface area contributed by atoms with E-state index in [2.05, 4.69) is 44.8 Å². The predicted molar refractivity (Wildman–Crippen MR) is 93.4 cm³/mol. The summed E-state index contributed by atoms with van der Waals surface area (Å²) in [5, 5.41) is 4.70. The second kappa shape index (κ2) is 7.10. The fourth-order valence-corrected chi connectivity index (χ4v) is 3.84. The highest BCUT2D eigenvalue weighted by Gasteiger charge is 2.28. The largest absolute Gasteiger partial charge is 0.348 e. The van der Waals surface area contributed by atoms with Gasteiger partial charge in [-0.15, -0.1) is 11.3 Å². The quantitative estimate of drug-likeness (QED) is 0.781. The minimum atomic E-state index is 0.122. The number of anilines is 1. The van der Waals surface area contributed by atoms with E-state index in [-0.39, 0.29) is 5.41 Å². The zero-order valence-corrected chi connectivity index (χ0v) is 15.1. The van der Waals surface area contributed by atoms with Gasteiger partial charge in [0.25, 0.3) is 0 Å². The maximum absolute atomic E-state index is 5.04. The fraction of sp³-hybridized carbons (Fsp3) is 0.824. The molecular weight excluding hydrogens is 278 g/mol. The molecule has 1 aliphatic carbocycles. The van der Waals surface area contributed by atoms with E-state index in [4.69, 9.17) is 4.98 Å². The smallest absolute Gasteiger partial charge is 0.185 e. The van der Waals surface area contributed by atoms with Gasteiger partial charge in [-0.05, 0) is 31.7 Å². The Labute approximate surface area is 134 Å². The molecule has 1 saturated carbocycles. The van der Waals surface area contributed by atoms with Crippen molar-refractivity contribution in [1.82, 2.24) is 10.3 Å². The van der Waals surface area contributed by atoms with Gasteiger partial charge < -0.3 is 10.2 Å². The molecule has 1 fully saturated rings. The van der Waals surface area contributed by atoms with Gasteiger partial charge in [-0.1, -0.05) is 34.6 Å². The van der Waals surface area contributed by atoms with Crippen LogP contribution in [0.3, 0.4) is 0 Å². The van der Waals surface area contributed by atoms with Gasteiger partial charge in [0.1, 0.15) is 0 Å². The number of hydrogen-bond acceptors (Lipinski definition) is 4. The lowest BCUT2D eigenvalue weighted by Crippen LogP contribution is -2.26. The number of rotatable bonds is 8. The Morgan fingerprint density at radius 3 is 2.52 bits per heavy atom. The van der Waals surface area contributed by atoms with Crippen LogP contribution in [0.4, 0.5) is 5.13 Å². The highest BCUT2D eigenvalue weighted by Crippen LogP contribution is 2.36. The summed E-state index contributed by atoms with van der Waals surface area (Å²) in [5.41, 5.74) is 1.40. The Morgan fingerprint density at radius 1 is 1.29 bits per heavy atom. The minimum absolute atomic E-state index is 0.122. The SMILES string of the molecule is CCCN(CC1CC1)c1nc(C(C)(C)C)c(CNCC)s1. The van der Waals surface area contributed by atoms with Gasteiger partial charge >= 0.3 is 0 Å². The van der Waals surface area contributed by atoms with Crippen molar-refractivity contribution >= 4 is 16.5 Å². The molecule has 0 aromatic carbocycles. The van der Waals surface area contributed by atoms with E-state index >= 15 is 0 Å². The monoisotopic (exact) mass is 309 g/mol. The van der Waals surface area contributed by atoms with E-state index in [1.807, 2.05) is 11.3 Å². The predicted octanol–water partition coefficient (Wildman–Crippen LogP) is 4.18. The molecular formula is C17H31N3S. The third kappa shape index (κ3) is 4.68. The first kappa shape index (κ1) is 16.8. The summed E-state index contributed by atoms with van der Waals surface area (Å²) < 4.78 is 0. The molecule has 1 aromatic rings. The van der Waals surface area contributed by atoms with Crippen LogP contribution in [0.1, 0.15) is 64.5 Å². The number of hydrogen-bond donors (Lipinski definition) is 1. The number of nitrogens with one attached hydrogen (secondary N) is 1. The summed E-state index contributed by atoms with van der Waals surface area (Å²) in [7, 11) is 0. The average Bonchev–Trinajstić information content (AvgIpc) is 3.11. The highest BCUT2D eigenvalue weighted by atomic mass is 32.1. The minimum Gasteiger partial charge on any atom is -0.348 e. The van der Waals surface area contributed by atoms with Crippen LogP contribution in [0.25, 0.3) is 0 Å². The van der Waals surface area contributed by atoms with Crippen LogP contribution in [-0.4, -0.2) is 24.6 Å². The Kier molecular flexibility index (Phi) is 5.67. The molecule has 1 heterocycles. The molecule has 21 heavy (non-hydrogen) atoms. The van der Waals surface area contributed by atoms with Crippen molar-refractivity contribution in [1.29, 1.82) is 0 Å². The van der Waals surface area contributed by atoms with Crippen LogP contribution in [0.2, 0.25) is 0 Å². The first-order valence-corrected chi connectivity index (χ1v) is 9.23. The zero-order chi connectivity index (χ0) is 15.5. The molecule has 3 nitrogen and oxygen atoms in total. The van der Waals surface area contributed by atoms with Crippen molar-refractivity contribution in [3.63, 3.8) is 0 Å². The third-order valence-electron chi connectivity index (χ3n) is 3.87. The molecule has 2 rings (SSSR count). The maximum atomic E-state index is 5.04. The Hall–Kier alpha value is -0.610. The van der Waals surface area contributed by atoms with Gasteiger partial charge in [0.2, 0.25) is 0 Å². The third-order valence-corrected chi connectivity index (χ3v) is 4.99. The summed E-state index contributed by atoms with van der Waals surface area (Å²) in [5.74, 6) is 0.913. The first-order chi connectivity index (χ1) is 9.95. The second-order valence-corrected chi connectivity index (χ2v) is 8.25. The lowest BCUT2D eigenvalue weighted by molar-refractivity contribution is 0.559. The number of aromatic nitrogens is 1. The Balaban J connectivity index is 2.22. The first-order valence-electron chi connectivity index (χ1n) is 8.41. The molecule has 1 N–H and O–H groups in total. The van der Waals surface area contributed by atoms with Crippen molar-refractivity contribution in [2.75, 3.05) is 24.5 Å². The topological polar surface area (TPSA) is 28.2 Å². The fourth-order valence-electron chi connectivity index (χ4n) is 2.57. The lowest BCUT2D eigenvalue weighted by Gasteiger charge is -2.21. The Morgan fingerprint density at radius 2 is 2.00 bits per heavy atom. The van der Waals surface area contributed by atoms with Crippen LogP contribution in [0, 0.1) is 5.92 Å². The van der Waals surface area contributed by atoms with Crippen LogP contribution >= 0.6 is 11.3 Å². The standard InChI is InChI=1S/C17H31N3S/c1-6-10-20(12-13-8-9-13)16-19-15(17(3,4)5)14(21-16)11-18-7-2/h13,18H,6-12H2,1-5H3. The van der Waals surface area contributed by atoms with Crippen LogP contribution in [0.15, 0.2) is 0 Å². The van der Waals surface area contributed by atoms with Crippen molar-refractivity contribution in [3.05, 3.63) is 10.6 Å². The van der Waals surface area contributed by atoms with Crippen molar-refractivity contribution in [2.24, 2.45) is 5.92 Å². The van der Waals surface area contributed by atoms with Crippen LogP contribution < -0.4 is 10.2 Å². The summed E-state index contributed by atoms with van der Waals surface area (Å²) >= 11 is 1.90. The van der Waals surface area contributed by atoms with Crippen molar-refractivity contribution < 1.29 is 0 Å². The van der Waals surface area contributed by atoms with Gasteiger partial charge in [-0.3, -0.25) is 0 Å². The molecule has 0 atom stereocenters. The summed E-state index contributed by atoms with van der Waals surface area (Å²) in [6.07, 6.45) is 4.00. The molecule has 0 unspecified atom stereocenters. The van der Waals surface area contributed by atoms with Gasteiger partial charge in [0.15, 0.2) is 5.13 Å². The molecule has 0 amide bonds. The molecule has 4 heteroatoms. The molecule has 0 aliphatic heterocycles. The van der Waals surface area contributed by atoms with Gasteiger partial charge in [-0.25, -0.2) is 4.98 Å². The summed E-state index contributed by atoms with van der Waals surface area (Å²) in [6, 6.07) is 0. The maximum Gasteiger partial charge on any atom is 0.185 e. The van der Waals surface area contributed by atoms with E-state index in [0.29, 0.717) is 0 Å². The van der Waals surface area contributed by atoms with E-state index in [0.717, 1.165) is 25.6 Å². The number of thiazole rings is 1. The summed E-state index contributed by atoms with van der Waals surface area (Å²) in [6.45, 7) is 15.5. The molecule has 0 radical (unpaired) electrons. The Bertz CT molecular complexity index is 443. The van der Waals surface area contributed by atoms with Crippen LogP contribution in [-0.2, 0) is 12.0 Å². The van der Waals surface area contributed by atoms with Crippen molar-refractivity contribution in [2.45, 2.75) is 65.8 Å². The van der Waals surface area contributed by atoms with E-state index < -0.39 is 0 Å². The lowest BCUT2D eigenvalue weighted by atomic mass is 9.91. The van der Waals surface area contributed by atoms with Gasteiger partial charge in [0, 0.05) is 29.9 Å². The van der Waals surface area contributed by atoms with Crippen LogP contribution in [0.5, 0.6) is 0 Å². The van der Waals surface area contributed by atoms with Gasteiger partial charge in [0.05, 0.1) is 5.69 Å². The zero-order valence-electron chi connectivity index (χ0n) is 14.3. The highest BCUT2D eigenvalue weighted by molar-refractivity contribution is 7.15. The normalized spacial score (nSPS) is 15.5. The molecule has 0 spiro atoms. The molecule has 0 bridgehead atoms. The molecule has 120 valence electrons. The van der Waals surface area contributed by atoms with E-state index in [1.54, 1.807) is 0 Å². The molecule has 0 saturated heterocycles. The van der Waals surface area contributed by atoms with Gasteiger partial charge in [-0.2, -0.15) is 0 Å². The van der Waals surface area contributed by atoms with Crippen molar-refractivity contribution in [3.8, 4) is 0 Å². The average molecular weight is 310 g/mol. The van der Waals surface area contributed by atoms with E-state index in [9.17, 15) is 0 Å². The summed E-state index contributed by atoms with van der Waals surface area (Å²) in [4.78, 5) is 8.97. The molecule has 1 aliphatic rings. The number of nitrogens with zero attached hydrogens (tertiary/aromatic N) is 2. The second-order valence-electron chi connectivity index (χ2n) is 7.19.